The summed E-state index contributed by atoms with van der Waals surface area (Å²) in [6.45, 7) is 0.280. The smallest absolute Gasteiger partial charge is 0.279 e. The van der Waals surface area contributed by atoms with Crippen molar-refractivity contribution in [2.75, 3.05) is 18.9 Å². The summed E-state index contributed by atoms with van der Waals surface area (Å²) in [6, 6.07) is 11.2. The number of carbonyl (C=O) groups excluding carboxylic acids is 1. The Labute approximate surface area is 153 Å². The van der Waals surface area contributed by atoms with E-state index in [0.29, 0.717) is 18.2 Å². The van der Waals surface area contributed by atoms with Crippen LogP contribution in [-0.2, 0) is 11.3 Å². The van der Waals surface area contributed by atoms with Crippen molar-refractivity contribution in [3.8, 4) is 11.3 Å². The first-order valence-electron chi connectivity index (χ1n) is 8.19. The summed E-state index contributed by atoms with van der Waals surface area (Å²) in [4.78, 5) is 16.9. The number of anilines is 1. The van der Waals surface area contributed by atoms with Gasteiger partial charge in [0.05, 0.1) is 18.9 Å². The first-order valence-corrected chi connectivity index (χ1v) is 8.19. The predicted molar refractivity (Wildman–Crippen MR) is 92.3 cm³/mol. The summed E-state index contributed by atoms with van der Waals surface area (Å²) < 4.78 is 45.4. The lowest BCUT2D eigenvalue weighted by atomic mass is 10.2. The summed E-state index contributed by atoms with van der Waals surface area (Å²) >= 11 is 0. The van der Waals surface area contributed by atoms with E-state index in [1.807, 2.05) is 30.3 Å². The van der Waals surface area contributed by atoms with E-state index in [1.165, 1.54) is 0 Å². The average molecular weight is 376 g/mol. The van der Waals surface area contributed by atoms with Crippen LogP contribution in [0.5, 0.6) is 0 Å². The van der Waals surface area contributed by atoms with Crippen molar-refractivity contribution in [1.82, 2.24) is 4.98 Å². The normalized spacial score (nSPS) is 12.0. The molecule has 0 fully saturated rings. The molecule has 2 aromatic carbocycles. The minimum absolute atomic E-state index is 0.0402. The first kappa shape index (κ1) is 18.7. The third-order valence-electron chi connectivity index (χ3n) is 3.84. The molecule has 0 aliphatic rings. The molecular weight excluding hydrogens is 359 g/mol. The van der Waals surface area contributed by atoms with Gasteiger partial charge in [-0.3, -0.25) is 4.79 Å². The Hall–Kier alpha value is -3.13. The Kier molecular flexibility index (Phi) is 5.56. The lowest BCUT2D eigenvalue weighted by Gasteiger charge is -2.12. The van der Waals surface area contributed by atoms with E-state index in [4.69, 9.17) is 4.42 Å². The maximum Gasteiger partial charge on any atom is 0.279 e. The summed E-state index contributed by atoms with van der Waals surface area (Å²) in [6.07, 6.45) is 1.61. The molecule has 0 saturated heterocycles. The van der Waals surface area contributed by atoms with Crippen LogP contribution >= 0.6 is 0 Å². The highest BCUT2D eigenvalue weighted by Crippen LogP contribution is 2.20. The highest BCUT2D eigenvalue weighted by atomic mass is 19.2. The van der Waals surface area contributed by atoms with Crippen molar-refractivity contribution in [1.29, 1.82) is 0 Å². The molecule has 3 aromatic rings. The largest absolute Gasteiger partial charge is 0.435 e. The van der Waals surface area contributed by atoms with Gasteiger partial charge in [0, 0.05) is 5.56 Å². The monoisotopic (exact) mass is 376 g/mol. The molecule has 1 amide bonds. The average Bonchev–Trinajstić information content (AvgIpc) is 3.11. The molecule has 0 spiro atoms. The fraction of sp³-hybridized carbons (Fsp3) is 0.158. The molecule has 1 aromatic heterocycles. The number of amides is 1. The zero-order chi connectivity index (χ0) is 19.4. The number of likely N-dealkylation sites (N-methyl/N-ethyl adjacent to an activating group) is 1. The minimum Gasteiger partial charge on any atom is -0.435 e. The number of carbonyl (C=O) groups is 1. The van der Waals surface area contributed by atoms with E-state index < -0.39 is 29.0 Å². The predicted octanol–water partition coefficient (Wildman–Crippen LogP) is 2.41. The molecule has 5 nitrogen and oxygen atoms in total. The molecule has 0 radical (unpaired) electrons. The standard InChI is InChI=1S/C19H16F3N3O2/c1-25(10-16(26)24-14-8-7-13(20)18(21)19(14)22)11-17-23-9-15(27-17)12-5-3-2-4-6-12/h2-9H,10-11H2,1H3,(H,24,26)/p+1. The second-order valence-electron chi connectivity index (χ2n) is 6.07. The topological polar surface area (TPSA) is 59.6 Å². The van der Waals surface area contributed by atoms with Gasteiger partial charge in [0.2, 0.25) is 0 Å². The Bertz CT molecular complexity index is 945. The molecule has 8 heteroatoms. The Morgan fingerprint density at radius 2 is 1.85 bits per heavy atom. The van der Waals surface area contributed by atoms with E-state index in [-0.39, 0.29) is 6.54 Å². The Morgan fingerprint density at radius 3 is 2.59 bits per heavy atom. The number of rotatable bonds is 6. The van der Waals surface area contributed by atoms with Gasteiger partial charge in [0.1, 0.15) is 0 Å². The Balaban J connectivity index is 1.58. The first-order chi connectivity index (χ1) is 12.9. The van der Waals surface area contributed by atoms with Crippen LogP contribution in [0.25, 0.3) is 11.3 Å². The van der Waals surface area contributed by atoms with Crippen LogP contribution in [0.1, 0.15) is 5.89 Å². The van der Waals surface area contributed by atoms with Gasteiger partial charge >= 0.3 is 0 Å². The van der Waals surface area contributed by atoms with Crippen molar-refractivity contribution in [3.05, 3.63) is 72.0 Å². The molecule has 1 heterocycles. The molecule has 27 heavy (non-hydrogen) atoms. The van der Waals surface area contributed by atoms with Gasteiger partial charge in [-0.1, -0.05) is 30.3 Å². The van der Waals surface area contributed by atoms with Crippen LogP contribution in [0, 0.1) is 17.5 Å². The van der Waals surface area contributed by atoms with Crippen LogP contribution in [0.4, 0.5) is 18.9 Å². The summed E-state index contributed by atoms with van der Waals surface area (Å²) in [5.41, 5.74) is 0.481. The molecule has 140 valence electrons. The zero-order valence-electron chi connectivity index (χ0n) is 14.4. The van der Waals surface area contributed by atoms with Crippen LogP contribution in [0.3, 0.4) is 0 Å². The van der Waals surface area contributed by atoms with Gasteiger partial charge in [-0.25, -0.2) is 18.2 Å². The molecule has 0 saturated carbocycles. The Morgan fingerprint density at radius 1 is 1.11 bits per heavy atom. The van der Waals surface area contributed by atoms with Gasteiger partial charge in [-0.2, -0.15) is 0 Å². The van der Waals surface area contributed by atoms with Gasteiger partial charge in [-0.05, 0) is 12.1 Å². The SMILES string of the molecule is C[NH+](CC(=O)Nc1ccc(F)c(F)c1F)Cc1ncc(-c2ccccc2)o1. The molecule has 0 aliphatic heterocycles. The van der Waals surface area contributed by atoms with Gasteiger partial charge in [-0.15, -0.1) is 0 Å². The number of oxazole rings is 1. The number of aromatic nitrogens is 1. The highest BCUT2D eigenvalue weighted by molar-refractivity contribution is 5.91. The number of halogens is 3. The molecule has 2 N–H and O–H groups in total. The van der Waals surface area contributed by atoms with Gasteiger partial charge in [0.15, 0.2) is 36.3 Å². The summed E-state index contributed by atoms with van der Waals surface area (Å²) in [5, 5.41) is 2.23. The number of nitrogens with one attached hydrogen (secondary N) is 2. The number of nitrogens with zero attached hydrogens (tertiary/aromatic N) is 1. The highest BCUT2D eigenvalue weighted by Gasteiger charge is 2.18. The lowest BCUT2D eigenvalue weighted by molar-refractivity contribution is -0.886. The second kappa shape index (κ2) is 8.05. The minimum atomic E-state index is -1.62. The number of quaternary nitrogens is 1. The molecular formula is C19H17F3N3O2+. The van der Waals surface area contributed by atoms with Gasteiger partial charge in [0.25, 0.3) is 11.8 Å². The van der Waals surface area contributed by atoms with E-state index >= 15 is 0 Å². The van der Waals surface area contributed by atoms with Crippen LogP contribution in [0.2, 0.25) is 0 Å². The lowest BCUT2D eigenvalue weighted by Crippen LogP contribution is -3.08. The van der Waals surface area contributed by atoms with E-state index in [9.17, 15) is 18.0 Å². The summed E-state index contributed by atoms with van der Waals surface area (Å²) in [5.74, 6) is -3.86. The molecule has 3 rings (SSSR count). The third kappa shape index (κ3) is 4.53. The van der Waals surface area contributed by atoms with Crippen molar-refractivity contribution in [2.45, 2.75) is 6.54 Å². The molecule has 1 atom stereocenters. The van der Waals surface area contributed by atoms with Crippen LogP contribution in [-0.4, -0.2) is 24.5 Å². The maximum atomic E-state index is 13.6. The summed E-state index contributed by atoms with van der Waals surface area (Å²) in [7, 11) is 1.73. The van der Waals surface area contributed by atoms with Crippen molar-refractivity contribution in [3.63, 3.8) is 0 Å². The number of hydrogen-bond acceptors (Lipinski definition) is 3. The molecule has 1 unspecified atom stereocenters. The second-order valence-corrected chi connectivity index (χ2v) is 6.07. The fourth-order valence-electron chi connectivity index (χ4n) is 2.54. The fourth-order valence-corrected chi connectivity index (χ4v) is 2.54. The number of hydrogen-bond donors (Lipinski definition) is 2. The van der Waals surface area contributed by atoms with Crippen molar-refractivity contribution in [2.24, 2.45) is 0 Å². The van der Waals surface area contributed by atoms with Crippen LogP contribution in [0.15, 0.2) is 53.1 Å². The molecule has 0 bridgehead atoms. The van der Waals surface area contributed by atoms with E-state index in [0.717, 1.165) is 22.6 Å². The van der Waals surface area contributed by atoms with Gasteiger partial charge < -0.3 is 14.6 Å². The van der Waals surface area contributed by atoms with Crippen molar-refractivity contribution >= 4 is 11.6 Å². The van der Waals surface area contributed by atoms with Crippen LogP contribution < -0.4 is 10.2 Å². The zero-order valence-corrected chi connectivity index (χ0v) is 14.4. The number of benzene rings is 2. The maximum absolute atomic E-state index is 13.6. The molecule has 0 aliphatic carbocycles. The van der Waals surface area contributed by atoms with Crippen molar-refractivity contribution < 1.29 is 27.3 Å². The quantitative estimate of drug-likeness (QED) is 0.650. The van der Waals surface area contributed by atoms with E-state index in [2.05, 4.69) is 10.3 Å². The van der Waals surface area contributed by atoms with E-state index in [1.54, 1.807) is 13.2 Å². The third-order valence-corrected chi connectivity index (χ3v) is 3.84.